The van der Waals surface area contributed by atoms with Crippen molar-refractivity contribution >= 4 is 33.5 Å². The van der Waals surface area contributed by atoms with E-state index in [-0.39, 0.29) is 11.3 Å². The van der Waals surface area contributed by atoms with Gasteiger partial charge in [0.15, 0.2) is 0 Å². The number of nitrogens with one attached hydrogen (secondary N) is 1. The molecule has 0 radical (unpaired) electrons. The molecule has 0 unspecified atom stereocenters. The van der Waals surface area contributed by atoms with E-state index < -0.39 is 11.9 Å². The summed E-state index contributed by atoms with van der Waals surface area (Å²) in [6.07, 6.45) is 0. The number of carboxylic acids is 1. The molecule has 0 saturated carbocycles. The number of halogens is 1. The van der Waals surface area contributed by atoms with E-state index in [0.717, 1.165) is 0 Å². The van der Waals surface area contributed by atoms with E-state index in [9.17, 15) is 9.59 Å². The zero-order valence-electron chi connectivity index (χ0n) is 10.9. The number of furan rings is 1. The summed E-state index contributed by atoms with van der Waals surface area (Å²) in [5, 5.41) is 11.7. The number of aromatic carboxylic acids is 1. The molecule has 1 amide bonds. The fourth-order valence-electron chi connectivity index (χ4n) is 1.85. The fourth-order valence-corrected chi connectivity index (χ4v) is 2.21. The Balaban J connectivity index is 2.33. The van der Waals surface area contributed by atoms with Crippen LogP contribution in [0, 0.1) is 13.8 Å². The molecule has 0 atom stereocenters. The maximum absolute atomic E-state index is 12.1. The molecule has 0 saturated heterocycles. The molecule has 1 aromatic heterocycles. The van der Waals surface area contributed by atoms with Crippen LogP contribution in [0.25, 0.3) is 0 Å². The van der Waals surface area contributed by atoms with Gasteiger partial charge >= 0.3 is 5.97 Å². The third kappa shape index (κ3) is 2.91. The molecule has 1 heterocycles. The van der Waals surface area contributed by atoms with Gasteiger partial charge in [0.1, 0.15) is 11.5 Å². The number of anilines is 1. The molecule has 20 heavy (non-hydrogen) atoms. The van der Waals surface area contributed by atoms with Gasteiger partial charge in [-0.05, 0) is 38.1 Å². The van der Waals surface area contributed by atoms with Crippen LogP contribution in [0.3, 0.4) is 0 Å². The molecule has 6 heteroatoms. The van der Waals surface area contributed by atoms with Crippen LogP contribution in [0.15, 0.2) is 33.2 Å². The van der Waals surface area contributed by atoms with Crippen molar-refractivity contribution in [2.45, 2.75) is 13.8 Å². The van der Waals surface area contributed by atoms with Crippen molar-refractivity contribution in [1.29, 1.82) is 0 Å². The molecule has 0 bridgehead atoms. The highest BCUT2D eigenvalue weighted by molar-refractivity contribution is 9.10. The summed E-state index contributed by atoms with van der Waals surface area (Å²) in [7, 11) is 0. The topological polar surface area (TPSA) is 79.5 Å². The van der Waals surface area contributed by atoms with E-state index in [2.05, 4.69) is 21.2 Å². The van der Waals surface area contributed by atoms with E-state index in [1.807, 2.05) is 0 Å². The Bertz CT molecular complexity index is 690. The molecule has 5 nitrogen and oxygen atoms in total. The van der Waals surface area contributed by atoms with Crippen molar-refractivity contribution in [2.24, 2.45) is 0 Å². The molecule has 0 fully saturated rings. The molecule has 104 valence electrons. The van der Waals surface area contributed by atoms with Crippen LogP contribution in [-0.4, -0.2) is 17.0 Å². The molecular weight excluding hydrogens is 326 g/mol. The second-order valence-electron chi connectivity index (χ2n) is 4.28. The highest BCUT2D eigenvalue weighted by atomic mass is 79.9. The Kier molecular flexibility index (Phi) is 3.94. The standard InChI is InChI=1S/C14H12BrNO4/c1-7-5-10(8(2)20-7)13(17)16-12-4-3-9(15)6-11(12)14(18)19/h3-6H,1-2H3,(H,16,17)(H,18,19). The number of carbonyl (C=O) groups excluding carboxylic acids is 1. The first-order valence-electron chi connectivity index (χ1n) is 5.79. The third-order valence-electron chi connectivity index (χ3n) is 2.75. The average molecular weight is 338 g/mol. The molecule has 0 spiro atoms. The molecule has 0 aliphatic carbocycles. The third-order valence-corrected chi connectivity index (χ3v) is 3.24. The van der Waals surface area contributed by atoms with Gasteiger partial charge in [0.25, 0.3) is 5.91 Å². The molecule has 0 aliphatic rings. The summed E-state index contributed by atoms with van der Waals surface area (Å²) < 4.78 is 5.91. The van der Waals surface area contributed by atoms with Gasteiger partial charge in [0, 0.05) is 4.47 Å². The zero-order valence-corrected chi connectivity index (χ0v) is 12.4. The predicted molar refractivity (Wildman–Crippen MR) is 77.2 cm³/mol. The number of hydrogen-bond donors (Lipinski definition) is 2. The van der Waals surface area contributed by atoms with Gasteiger partial charge < -0.3 is 14.8 Å². The predicted octanol–water partition coefficient (Wildman–Crippen LogP) is 3.61. The minimum atomic E-state index is -1.11. The number of carbonyl (C=O) groups is 2. The zero-order chi connectivity index (χ0) is 14.9. The Hall–Kier alpha value is -2.08. The van der Waals surface area contributed by atoms with Gasteiger partial charge in [-0.25, -0.2) is 4.79 Å². The van der Waals surface area contributed by atoms with Crippen LogP contribution in [0.4, 0.5) is 5.69 Å². The Morgan fingerprint density at radius 1 is 1.20 bits per heavy atom. The summed E-state index contributed by atoms with van der Waals surface area (Å²) in [4.78, 5) is 23.3. The van der Waals surface area contributed by atoms with Crippen molar-refractivity contribution in [3.63, 3.8) is 0 Å². The maximum Gasteiger partial charge on any atom is 0.337 e. The highest BCUT2D eigenvalue weighted by Gasteiger charge is 2.17. The lowest BCUT2D eigenvalue weighted by atomic mass is 10.1. The van der Waals surface area contributed by atoms with Gasteiger partial charge in [-0.3, -0.25) is 4.79 Å². The SMILES string of the molecule is Cc1cc(C(=O)Nc2ccc(Br)cc2C(=O)O)c(C)o1. The smallest absolute Gasteiger partial charge is 0.337 e. The van der Waals surface area contributed by atoms with E-state index >= 15 is 0 Å². The van der Waals surface area contributed by atoms with Crippen molar-refractivity contribution in [3.05, 3.63) is 51.4 Å². The van der Waals surface area contributed by atoms with E-state index in [1.54, 1.807) is 26.0 Å². The van der Waals surface area contributed by atoms with Gasteiger partial charge in [0.05, 0.1) is 16.8 Å². The highest BCUT2D eigenvalue weighted by Crippen LogP contribution is 2.23. The monoisotopic (exact) mass is 337 g/mol. The summed E-state index contributed by atoms with van der Waals surface area (Å²) in [5.74, 6) is -0.387. The lowest BCUT2D eigenvalue weighted by molar-refractivity contribution is 0.0698. The van der Waals surface area contributed by atoms with Crippen LogP contribution in [0.2, 0.25) is 0 Å². The van der Waals surface area contributed by atoms with Crippen molar-refractivity contribution in [3.8, 4) is 0 Å². The van der Waals surface area contributed by atoms with Crippen LogP contribution in [-0.2, 0) is 0 Å². The van der Waals surface area contributed by atoms with E-state index in [0.29, 0.717) is 21.6 Å². The summed E-state index contributed by atoms with van der Waals surface area (Å²) in [6, 6.07) is 6.25. The normalized spacial score (nSPS) is 10.3. The molecular formula is C14H12BrNO4. The first kappa shape index (κ1) is 14.3. The lowest BCUT2D eigenvalue weighted by Crippen LogP contribution is -2.15. The Labute approximate surface area is 123 Å². The summed E-state index contributed by atoms with van der Waals surface area (Å²) >= 11 is 3.20. The van der Waals surface area contributed by atoms with Crippen LogP contribution in [0.5, 0.6) is 0 Å². The number of amides is 1. The van der Waals surface area contributed by atoms with Crippen LogP contribution >= 0.6 is 15.9 Å². The minimum absolute atomic E-state index is 0.0191. The number of aryl methyl sites for hydroxylation is 2. The maximum atomic E-state index is 12.1. The Morgan fingerprint density at radius 3 is 2.45 bits per heavy atom. The van der Waals surface area contributed by atoms with Crippen molar-refractivity contribution < 1.29 is 19.1 Å². The number of carboxylic acid groups (broad SMARTS) is 1. The quantitative estimate of drug-likeness (QED) is 0.896. The van der Waals surface area contributed by atoms with E-state index in [4.69, 9.17) is 9.52 Å². The second kappa shape index (κ2) is 5.50. The molecule has 0 aliphatic heterocycles. The molecule has 2 aromatic rings. The summed E-state index contributed by atoms with van der Waals surface area (Å²) in [6.45, 7) is 3.42. The lowest BCUT2D eigenvalue weighted by Gasteiger charge is -2.08. The number of hydrogen-bond acceptors (Lipinski definition) is 3. The number of benzene rings is 1. The second-order valence-corrected chi connectivity index (χ2v) is 5.19. The van der Waals surface area contributed by atoms with Gasteiger partial charge in [-0.15, -0.1) is 0 Å². The number of rotatable bonds is 3. The Morgan fingerprint density at radius 2 is 1.90 bits per heavy atom. The molecule has 2 N–H and O–H groups in total. The first-order chi connectivity index (χ1) is 9.38. The van der Waals surface area contributed by atoms with Crippen LogP contribution < -0.4 is 5.32 Å². The first-order valence-corrected chi connectivity index (χ1v) is 6.59. The molecule has 2 rings (SSSR count). The van der Waals surface area contributed by atoms with Gasteiger partial charge in [-0.1, -0.05) is 15.9 Å². The van der Waals surface area contributed by atoms with Crippen molar-refractivity contribution in [2.75, 3.05) is 5.32 Å². The largest absolute Gasteiger partial charge is 0.478 e. The van der Waals surface area contributed by atoms with Gasteiger partial charge in [-0.2, -0.15) is 0 Å². The van der Waals surface area contributed by atoms with E-state index in [1.165, 1.54) is 12.1 Å². The fraction of sp³-hybridized carbons (Fsp3) is 0.143. The minimum Gasteiger partial charge on any atom is -0.478 e. The van der Waals surface area contributed by atoms with Crippen LogP contribution in [0.1, 0.15) is 32.2 Å². The average Bonchev–Trinajstić information content (AvgIpc) is 2.70. The van der Waals surface area contributed by atoms with Crippen molar-refractivity contribution in [1.82, 2.24) is 0 Å². The molecule has 1 aromatic carbocycles. The van der Waals surface area contributed by atoms with Gasteiger partial charge in [0.2, 0.25) is 0 Å². The summed E-state index contributed by atoms with van der Waals surface area (Å²) in [5.41, 5.74) is 0.649.